The summed E-state index contributed by atoms with van der Waals surface area (Å²) in [6.07, 6.45) is 1.63. The number of nitrogens with two attached hydrogens (primary N) is 1. The van der Waals surface area contributed by atoms with Crippen molar-refractivity contribution in [1.82, 2.24) is 5.32 Å². The lowest BCUT2D eigenvalue weighted by atomic mass is 10.1. The molecule has 1 rings (SSSR count). The molecule has 22 heavy (non-hydrogen) atoms. The van der Waals surface area contributed by atoms with Crippen molar-refractivity contribution < 1.29 is 14.7 Å². The van der Waals surface area contributed by atoms with Crippen LogP contribution < -0.4 is 16.0 Å². The molecule has 0 fully saturated rings. The molecule has 0 aliphatic rings. The number of aliphatic hydroxyl groups is 1. The average Bonchev–Trinajstić information content (AvgIpc) is 2.50. The minimum absolute atomic E-state index is 0.0949. The molecule has 6 nitrogen and oxygen atoms in total. The fraction of sp³-hybridized carbons (Fsp3) is 0.500. The van der Waals surface area contributed by atoms with Gasteiger partial charge in [0, 0.05) is 31.9 Å². The SMILES string of the molecule is CN(C)c1ccc(C(=O)NCCCCCC(O)C(N)=O)cc1. The van der Waals surface area contributed by atoms with Crippen molar-refractivity contribution in [1.29, 1.82) is 0 Å². The quantitative estimate of drug-likeness (QED) is 0.590. The first-order valence-electron chi connectivity index (χ1n) is 7.45. The van der Waals surface area contributed by atoms with Gasteiger partial charge in [-0.3, -0.25) is 9.59 Å². The molecule has 0 saturated carbocycles. The van der Waals surface area contributed by atoms with E-state index >= 15 is 0 Å². The number of rotatable bonds is 9. The van der Waals surface area contributed by atoms with Gasteiger partial charge in [-0.25, -0.2) is 0 Å². The molecular formula is C16H25N3O3. The van der Waals surface area contributed by atoms with Crippen molar-refractivity contribution in [3.05, 3.63) is 29.8 Å². The van der Waals surface area contributed by atoms with E-state index in [0.29, 0.717) is 24.9 Å². The Morgan fingerprint density at radius 1 is 1.18 bits per heavy atom. The van der Waals surface area contributed by atoms with Gasteiger partial charge < -0.3 is 21.1 Å². The van der Waals surface area contributed by atoms with Crippen LogP contribution in [0.25, 0.3) is 0 Å². The number of unbranched alkanes of at least 4 members (excludes halogenated alkanes) is 2. The summed E-state index contributed by atoms with van der Waals surface area (Å²) in [5.41, 5.74) is 6.64. The van der Waals surface area contributed by atoms with Crippen LogP contribution in [0.2, 0.25) is 0 Å². The maximum atomic E-state index is 11.9. The average molecular weight is 307 g/mol. The zero-order valence-corrected chi connectivity index (χ0v) is 13.2. The largest absolute Gasteiger partial charge is 0.383 e. The Morgan fingerprint density at radius 2 is 1.82 bits per heavy atom. The highest BCUT2D eigenvalue weighted by molar-refractivity contribution is 5.94. The third-order valence-electron chi connectivity index (χ3n) is 3.41. The number of anilines is 1. The summed E-state index contributed by atoms with van der Waals surface area (Å²) in [4.78, 5) is 24.5. The number of benzene rings is 1. The molecule has 0 saturated heterocycles. The third kappa shape index (κ3) is 6.13. The fourth-order valence-corrected chi connectivity index (χ4v) is 2.00. The lowest BCUT2D eigenvalue weighted by Gasteiger charge is -2.12. The van der Waals surface area contributed by atoms with Crippen LogP contribution in [0.15, 0.2) is 24.3 Å². The summed E-state index contributed by atoms with van der Waals surface area (Å²) in [7, 11) is 3.90. The van der Waals surface area contributed by atoms with E-state index in [1.807, 2.05) is 31.1 Å². The topological polar surface area (TPSA) is 95.7 Å². The van der Waals surface area contributed by atoms with Crippen LogP contribution in [0.5, 0.6) is 0 Å². The van der Waals surface area contributed by atoms with Gasteiger partial charge in [0.15, 0.2) is 0 Å². The molecule has 1 aromatic carbocycles. The standard InChI is InChI=1S/C16H25N3O3/c1-19(2)13-9-7-12(8-10-13)16(22)18-11-5-3-4-6-14(20)15(17)21/h7-10,14,20H,3-6,11H2,1-2H3,(H2,17,21)(H,18,22). The van der Waals surface area contributed by atoms with Gasteiger partial charge in [0.25, 0.3) is 5.91 Å². The van der Waals surface area contributed by atoms with E-state index < -0.39 is 12.0 Å². The van der Waals surface area contributed by atoms with E-state index in [2.05, 4.69) is 5.32 Å². The maximum absolute atomic E-state index is 11.9. The van der Waals surface area contributed by atoms with Gasteiger partial charge in [0.1, 0.15) is 6.10 Å². The summed E-state index contributed by atoms with van der Waals surface area (Å²) in [5.74, 6) is -0.781. The minimum atomic E-state index is -1.06. The van der Waals surface area contributed by atoms with Crippen LogP contribution >= 0.6 is 0 Å². The number of nitrogens with one attached hydrogen (secondary N) is 1. The maximum Gasteiger partial charge on any atom is 0.251 e. The molecule has 6 heteroatoms. The van der Waals surface area contributed by atoms with Gasteiger partial charge in [-0.2, -0.15) is 0 Å². The Labute approximate surface area is 131 Å². The van der Waals surface area contributed by atoms with Crippen molar-refractivity contribution in [3.8, 4) is 0 Å². The van der Waals surface area contributed by atoms with E-state index in [9.17, 15) is 14.7 Å². The van der Waals surface area contributed by atoms with Gasteiger partial charge in [0.2, 0.25) is 5.91 Å². The van der Waals surface area contributed by atoms with Crippen LogP contribution in [-0.2, 0) is 4.79 Å². The van der Waals surface area contributed by atoms with Crippen LogP contribution in [0.3, 0.4) is 0 Å². The first-order chi connectivity index (χ1) is 10.4. The number of hydrogen-bond acceptors (Lipinski definition) is 4. The normalized spacial score (nSPS) is 11.8. The molecule has 0 spiro atoms. The number of amides is 2. The third-order valence-corrected chi connectivity index (χ3v) is 3.41. The van der Waals surface area contributed by atoms with Crippen molar-refractivity contribution in [2.24, 2.45) is 5.73 Å². The van der Waals surface area contributed by atoms with E-state index in [1.165, 1.54) is 0 Å². The molecule has 0 aromatic heterocycles. The lowest BCUT2D eigenvalue weighted by molar-refractivity contribution is -0.126. The van der Waals surface area contributed by atoms with Crippen molar-refractivity contribution in [2.75, 3.05) is 25.5 Å². The first kappa shape index (κ1) is 18.0. The molecule has 1 atom stereocenters. The number of aliphatic hydroxyl groups excluding tert-OH is 1. The van der Waals surface area contributed by atoms with Gasteiger partial charge in [0.05, 0.1) is 0 Å². The van der Waals surface area contributed by atoms with Crippen molar-refractivity contribution in [3.63, 3.8) is 0 Å². The van der Waals surface area contributed by atoms with Crippen molar-refractivity contribution in [2.45, 2.75) is 31.8 Å². The lowest BCUT2D eigenvalue weighted by Crippen LogP contribution is -2.28. The van der Waals surface area contributed by atoms with Gasteiger partial charge in [-0.05, 0) is 37.1 Å². The van der Waals surface area contributed by atoms with Gasteiger partial charge in [-0.15, -0.1) is 0 Å². The predicted molar refractivity (Wildman–Crippen MR) is 86.8 cm³/mol. The fourth-order valence-electron chi connectivity index (χ4n) is 2.00. The molecule has 0 radical (unpaired) electrons. The van der Waals surface area contributed by atoms with Crippen LogP contribution in [-0.4, -0.2) is 43.7 Å². The van der Waals surface area contributed by atoms with Crippen LogP contribution in [0.1, 0.15) is 36.0 Å². The highest BCUT2D eigenvalue weighted by Gasteiger charge is 2.09. The van der Waals surface area contributed by atoms with E-state index in [0.717, 1.165) is 18.5 Å². The van der Waals surface area contributed by atoms with E-state index in [-0.39, 0.29) is 5.91 Å². The molecule has 122 valence electrons. The summed E-state index contributed by atoms with van der Waals surface area (Å²) in [6, 6.07) is 7.40. The molecule has 0 heterocycles. The zero-order valence-electron chi connectivity index (χ0n) is 13.2. The second-order valence-corrected chi connectivity index (χ2v) is 5.46. The van der Waals surface area contributed by atoms with E-state index in [4.69, 9.17) is 5.73 Å². The molecule has 1 aromatic rings. The molecular weight excluding hydrogens is 282 g/mol. The molecule has 2 amide bonds. The summed E-state index contributed by atoms with van der Waals surface area (Å²) < 4.78 is 0. The highest BCUT2D eigenvalue weighted by atomic mass is 16.3. The summed E-state index contributed by atoms with van der Waals surface area (Å²) in [5, 5.41) is 12.1. The number of carbonyl (C=O) groups excluding carboxylic acids is 2. The van der Waals surface area contributed by atoms with Gasteiger partial charge >= 0.3 is 0 Å². The Balaban J connectivity index is 2.22. The van der Waals surface area contributed by atoms with Crippen LogP contribution in [0.4, 0.5) is 5.69 Å². The predicted octanol–water partition coefficient (Wildman–Crippen LogP) is 0.889. The zero-order chi connectivity index (χ0) is 16.5. The highest BCUT2D eigenvalue weighted by Crippen LogP contribution is 2.12. The second kappa shape index (κ2) is 9.04. The minimum Gasteiger partial charge on any atom is -0.383 e. The molecule has 0 aliphatic carbocycles. The van der Waals surface area contributed by atoms with Gasteiger partial charge in [-0.1, -0.05) is 12.8 Å². The van der Waals surface area contributed by atoms with Crippen LogP contribution in [0, 0.1) is 0 Å². The Morgan fingerprint density at radius 3 is 2.36 bits per heavy atom. The number of nitrogens with zero attached hydrogens (tertiary/aromatic N) is 1. The molecule has 0 aliphatic heterocycles. The first-order valence-corrected chi connectivity index (χ1v) is 7.45. The number of primary amides is 1. The summed E-state index contributed by atoms with van der Waals surface area (Å²) in [6.45, 7) is 0.570. The molecule has 0 bridgehead atoms. The molecule has 1 unspecified atom stereocenters. The second-order valence-electron chi connectivity index (χ2n) is 5.46. The Hall–Kier alpha value is -2.08. The van der Waals surface area contributed by atoms with E-state index in [1.54, 1.807) is 12.1 Å². The number of hydrogen-bond donors (Lipinski definition) is 3. The monoisotopic (exact) mass is 307 g/mol. The summed E-state index contributed by atoms with van der Waals surface area (Å²) >= 11 is 0. The Bertz CT molecular complexity index is 486. The smallest absolute Gasteiger partial charge is 0.251 e. The van der Waals surface area contributed by atoms with Crippen molar-refractivity contribution >= 4 is 17.5 Å². The Kier molecular flexibility index (Phi) is 7.39. The number of carbonyl (C=O) groups is 2. The molecule has 4 N–H and O–H groups in total.